The van der Waals surface area contributed by atoms with Gasteiger partial charge in [-0.2, -0.15) is 0 Å². The van der Waals surface area contributed by atoms with Gasteiger partial charge < -0.3 is 9.47 Å². The molecular weight excluding hydrogens is 400 g/mol. The van der Waals surface area contributed by atoms with Crippen molar-refractivity contribution in [3.05, 3.63) is 81.9 Å². The smallest absolute Gasteiger partial charge is 0.282 e. The second-order valence-electron chi connectivity index (χ2n) is 6.92. The molecule has 0 N–H and O–H groups in total. The van der Waals surface area contributed by atoms with Crippen LogP contribution in [0.5, 0.6) is 11.5 Å². The Kier molecular flexibility index (Phi) is 4.84. The van der Waals surface area contributed by atoms with Crippen molar-refractivity contribution >= 4 is 22.9 Å². The van der Waals surface area contributed by atoms with Crippen LogP contribution in [-0.2, 0) is 12.3 Å². The molecule has 1 aliphatic heterocycles. The topological polar surface area (TPSA) is 79.1 Å². The van der Waals surface area contributed by atoms with Crippen LogP contribution in [0.15, 0.2) is 64.8 Å². The summed E-state index contributed by atoms with van der Waals surface area (Å²) in [6.07, 6.45) is 3.06. The molecule has 0 spiro atoms. The van der Waals surface area contributed by atoms with E-state index in [9.17, 15) is 4.79 Å². The molecule has 150 valence electrons. The van der Waals surface area contributed by atoms with E-state index in [4.69, 9.17) is 9.47 Å². The normalized spacial score (nSPS) is 12.4. The van der Waals surface area contributed by atoms with E-state index >= 15 is 0 Å². The molecule has 0 bridgehead atoms. The summed E-state index contributed by atoms with van der Waals surface area (Å²) in [6.45, 7) is 2.64. The fourth-order valence-corrected chi connectivity index (χ4v) is 4.38. The second kappa shape index (κ2) is 7.79. The molecule has 1 aliphatic rings. The highest BCUT2D eigenvalue weighted by Crippen LogP contribution is 2.33. The number of benzene rings is 2. The summed E-state index contributed by atoms with van der Waals surface area (Å²) < 4.78 is 12.5. The van der Waals surface area contributed by atoms with Gasteiger partial charge in [-0.1, -0.05) is 42.1 Å². The van der Waals surface area contributed by atoms with Gasteiger partial charge in [-0.15, -0.1) is 0 Å². The van der Waals surface area contributed by atoms with Crippen LogP contribution in [0.25, 0.3) is 11.2 Å². The van der Waals surface area contributed by atoms with Gasteiger partial charge >= 0.3 is 0 Å². The number of aromatic nitrogens is 4. The monoisotopic (exact) mass is 418 g/mol. The average Bonchev–Trinajstić information content (AvgIpc) is 3.23. The standard InChI is InChI=1S/C22H18N4O3S/c1-14-4-2-3-5-16(14)12-30-22-25-20-19(23-8-9-24-20)21(27)26(22)11-15-6-7-17-18(10-15)29-13-28-17/h2-10H,11-13H2,1H3. The molecule has 0 amide bonds. The van der Waals surface area contributed by atoms with Crippen LogP contribution in [0.2, 0.25) is 0 Å². The minimum absolute atomic E-state index is 0.210. The summed E-state index contributed by atoms with van der Waals surface area (Å²) in [5, 5.41) is 0.605. The third kappa shape index (κ3) is 3.50. The molecule has 5 rings (SSSR count). The van der Waals surface area contributed by atoms with Gasteiger partial charge in [-0.3, -0.25) is 9.36 Å². The largest absolute Gasteiger partial charge is 0.454 e. The number of nitrogens with zero attached hydrogens (tertiary/aromatic N) is 4. The Morgan fingerprint density at radius 3 is 2.80 bits per heavy atom. The number of hydrogen-bond acceptors (Lipinski definition) is 7. The summed E-state index contributed by atoms with van der Waals surface area (Å²) in [4.78, 5) is 26.3. The first kappa shape index (κ1) is 18.6. The number of aryl methyl sites for hydroxylation is 1. The van der Waals surface area contributed by atoms with E-state index in [-0.39, 0.29) is 17.9 Å². The molecule has 0 unspecified atom stereocenters. The molecule has 0 radical (unpaired) electrons. The SMILES string of the molecule is Cc1ccccc1CSc1nc2nccnc2c(=O)n1Cc1ccc2c(c1)OCO2. The van der Waals surface area contributed by atoms with E-state index in [1.54, 1.807) is 10.8 Å². The van der Waals surface area contributed by atoms with Crippen LogP contribution < -0.4 is 15.0 Å². The fraction of sp³-hybridized carbons (Fsp3) is 0.182. The third-order valence-corrected chi connectivity index (χ3v) is 5.98. The molecule has 3 heterocycles. The number of rotatable bonds is 5. The minimum atomic E-state index is -0.210. The first-order valence-electron chi connectivity index (χ1n) is 9.46. The number of fused-ring (bicyclic) bond motifs is 2. The van der Waals surface area contributed by atoms with E-state index < -0.39 is 0 Å². The Morgan fingerprint density at radius 1 is 1.07 bits per heavy atom. The van der Waals surface area contributed by atoms with Crippen LogP contribution >= 0.6 is 11.8 Å². The first-order chi connectivity index (χ1) is 14.7. The molecule has 2 aromatic heterocycles. The zero-order valence-corrected chi connectivity index (χ0v) is 17.1. The fourth-order valence-electron chi connectivity index (χ4n) is 3.31. The van der Waals surface area contributed by atoms with E-state index in [1.165, 1.54) is 29.1 Å². The Balaban J connectivity index is 1.54. The van der Waals surface area contributed by atoms with Crippen LogP contribution in [0.4, 0.5) is 0 Å². The molecule has 30 heavy (non-hydrogen) atoms. The lowest BCUT2D eigenvalue weighted by molar-refractivity contribution is 0.174. The summed E-state index contributed by atoms with van der Waals surface area (Å²) in [5.41, 5.74) is 3.73. The van der Waals surface area contributed by atoms with E-state index in [2.05, 4.69) is 34.0 Å². The third-order valence-electron chi connectivity index (χ3n) is 4.95. The molecule has 0 saturated heterocycles. The molecule has 0 atom stereocenters. The van der Waals surface area contributed by atoms with Crippen molar-refractivity contribution in [2.24, 2.45) is 0 Å². The highest BCUT2D eigenvalue weighted by molar-refractivity contribution is 7.98. The summed E-state index contributed by atoms with van der Waals surface area (Å²) in [5.74, 6) is 2.09. The van der Waals surface area contributed by atoms with E-state index in [0.717, 1.165) is 5.56 Å². The Morgan fingerprint density at radius 2 is 1.90 bits per heavy atom. The summed E-state index contributed by atoms with van der Waals surface area (Å²) >= 11 is 1.52. The highest BCUT2D eigenvalue weighted by atomic mass is 32.2. The van der Waals surface area contributed by atoms with Gasteiger partial charge in [0.2, 0.25) is 6.79 Å². The first-order valence-corrected chi connectivity index (χ1v) is 10.4. The summed E-state index contributed by atoms with van der Waals surface area (Å²) in [6, 6.07) is 13.9. The number of ether oxygens (including phenoxy) is 2. The highest BCUT2D eigenvalue weighted by Gasteiger charge is 2.17. The van der Waals surface area contributed by atoms with Crippen molar-refractivity contribution in [1.82, 2.24) is 19.5 Å². The number of hydrogen-bond donors (Lipinski definition) is 0. The lowest BCUT2D eigenvalue weighted by atomic mass is 10.1. The summed E-state index contributed by atoms with van der Waals surface area (Å²) in [7, 11) is 0. The van der Waals surface area contributed by atoms with Crippen LogP contribution in [-0.4, -0.2) is 26.3 Å². The maximum Gasteiger partial charge on any atom is 0.282 e. The van der Waals surface area contributed by atoms with Gasteiger partial charge in [0.1, 0.15) is 0 Å². The zero-order chi connectivity index (χ0) is 20.5. The van der Waals surface area contributed by atoms with Crippen molar-refractivity contribution in [2.75, 3.05) is 6.79 Å². The van der Waals surface area contributed by atoms with Crippen molar-refractivity contribution in [3.63, 3.8) is 0 Å². The van der Waals surface area contributed by atoms with Gasteiger partial charge in [0.25, 0.3) is 5.56 Å². The average molecular weight is 418 g/mol. The van der Waals surface area contributed by atoms with E-state index in [0.29, 0.717) is 34.6 Å². The second-order valence-corrected chi connectivity index (χ2v) is 7.86. The minimum Gasteiger partial charge on any atom is -0.454 e. The molecular formula is C22H18N4O3S. The Labute approximate surface area is 176 Å². The van der Waals surface area contributed by atoms with Crippen molar-refractivity contribution in [1.29, 1.82) is 0 Å². The molecule has 2 aromatic carbocycles. The lowest BCUT2D eigenvalue weighted by Crippen LogP contribution is -2.25. The number of thioether (sulfide) groups is 1. The van der Waals surface area contributed by atoms with Crippen molar-refractivity contribution < 1.29 is 9.47 Å². The quantitative estimate of drug-likeness (QED) is 0.362. The molecule has 0 saturated carbocycles. The molecule has 0 fully saturated rings. The van der Waals surface area contributed by atoms with Gasteiger partial charge in [0.05, 0.1) is 6.54 Å². The predicted octanol–water partition coefficient (Wildman–Crippen LogP) is 3.56. The molecule has 0 aliphatic carbocycles. The van der Waals surface area contributed by atoms with Crippen LogP contribution in [0, 0.1) is 6.92 Å². The van der Waals surface area contributed by atoms with Crippen molar-refractivity contribution in [3.8, 4) is 11.5 Å². The van der Waals surface area contributed by atoms with Crippen LogP contribution in [0.1, 0.15) is 16.7 Å². The Bertz CT molecular complexity index is 1310. The molecule has 4 aromatic rings. The molecule has 7 nitrogen and oxygen atoms in total. The maximum atomic E-state index is 13.2. The van der Waals surface area contributed by atoms with E-state index in [1.807, 2.05) is 30.3 Å². The van der Waals surface area contributed by atoms with Crippen molar-refractivity contribution in [2.45, 2.75) is 24.4 Å². The van der Waals surface area contributed by atoms with Gasteiger partial charge in [0.15, 0.2) is 27.8 Å². The Hall–Kier alpha value is -3.39. The van der Waals surface area contributed by atoms with Crippen LogP contribution in [0.3, 0.4) is 0 Å². The molecule has 8 heteroatoms. The van der Waals surface area contributed by atoms with Gasteiger partial charge in [-0.05, 0) is 35.7 Å². The predicted molar refractivity (Wildman–Crippen MR) is 114 cm³/mol. The van der Waals surface area contributed by atoms with Gasteiger partial charge in [0, 0.05) is 18.1 Å². The maximum absolute atomic E-state index is 13.2. The zero-order valence-electron chi connectivity index (χ0n) is 16.2. The lowest BCUT2D eigenvalue weighted by Gasteiger charge is -2.13. The van der Waals surface area contributed by atoms with Gasteiger partial charge in [-0.25, -0.2) is 15.0 Å².